The van der Waals surface area contributed by atoms with Gasteiger partial charge in [-0.1, -0.05) is 0 Å². The number of amides is 1. The average molecular weight is 229 g/mol. The first-order valence-electron chi connectivity index (χ1n) is 5.66. The molecule has 0 aromatic heterocycles. The van der Waals surface area contributed by atoms with Gasteiger partial charge in [-0.2, -0.15) is 11.8 Å². The van der Waals surface area contributed by atoms with Crippen LogP contribution in [0.4, 0.5) is 0 Å². The standard InChI is InChI=1S/C11H19NO2S/c1-11(8-12-10(13)7-14-11)6-9-2-4-15-5-3-9/h9H,2-8H2,1H3,(H,12,13). The molecule has 1 atom stereocenters. The highest BCUT2D eigenvalue weighted by molar-refractivity contribution is 7.99. The molecule has 4 heteroatoms. The van der Waals surface area contributed by atoms with Crippen LogP contribution in [0.15, 0.2) is 0 Å². The van der Waals surface area contributed by atoms with Crippen molar-refractivity contribution in [1.82, 2.24) is 5.32 Å². The van der Waals surface area contributed by atoms with Gasteiger partial charge in [-0.25, -0.2) is 0 Å². The van der Waals surface area contributed by atoms with Gasteiger partial charge in [-0.05, 0) is 43.6 Å². The molecule has 0 radical (unpaired) electrons. The first-order chi connectivity index (χ1) is 7.18. The van der Waals surface area contributed by atoms with E-state index in [2.05, 4.69) is 12.2 Å². The van der Waals surface area contributed by atoms with E-state index < -0.39 is 0 Å². The van der Waals surface area contributed by atoms with Gasteiger partial charge in [0.1, 0.15) is 6.61 Å². The highest BCUT2D eigenvalue weighted by atomic mass is 32.2. The van der Waals surface area contributed by atoms with Crippen molar-refractivity contribution in [1.29, 1.82) is 0 Å². The quantitative estimate of drug-likeness (QED) is 0.778. The van der Waals surface area contributed by atoms with Crippen LogP contribution in [-0.4, -0.2) is 36.2 Å². The van der Waals surface area contributed by atoms with Gasteiger partial charge in [0.05, 0.1) is 5.60 Å². The molecule has 2 rings (SSSR count). The summed E-state index contributed by atoms with van der Waals surface area (Å²) < 4.78 is 5.66. The molecule has 86 valence electrons. The van der Waals surface area contributed by atoms with Crippen molar-refractivity contribution in [2.24, 2.45) is 5.92 Å². The van der Waals surface area contributed by atoms with Crippen molar-refractivity contribution < 1.29 is 9.53 Å². The number of hydrogen-bond donors (Lipinski definition) is 1. The smallest absolute Gasteiger partial charge is 0.246 e. The zero-order valence-electron chi connectivity index (χ0n) is 9.25. The Morgan fingerprint density at radius 1 is 1.53 bits per heavy atom. The molecule has 0 spiro atoms. The third-order valence-electron chi connectivity index (χ3n) is 3.27. The summed E-state index contributed by atoms with van der Waals surface area (Å²) in [5.41, 5.74) is -0.124. The van der Waals surface area contributed by atoms with Gasteiger partial charge in [-0.15, -0.1) is 0 Å². The molecule has 2 fully saturated rings. The molecule has 2 saturated heterocycles. The van der Waals surface area contributed by atoms with Crippen LogP contribution in [0.25, 0.3) is 0 Å². The van der Waals surface area contributed by atoms with Crippen LogP contribution < -0.4 is 5.32 Å². The lowest BCUT2D eigenvalue weighted by molar-refractivity contribution is -0.143. The molecule has 1 N–H and O–H groups in total. The fourth-order valence-electron chi connectivity index (χ4n) is 2.32. The van der Waals surface area contributed by atoms with Gasteiger partial charge in [0.2, 0.25) is 5.91 Å². The number of carbonyl (C=O) groups is 1. The van der Waals surface area contributed by atoms with Crippen LogP contribution in [0, 0.1) is 5.92 Å². The molecule has 0 aliphatic carbocycles. The van der Waals surface area contributed by atoms with E-state index in [-0.39, 0.29) is 18.1 Å². The van der Waals surface area contributed by atoms with Gasteiger partial charge < -0.3 is 10.1 Å². The van der Waals surface area contributed by atoms with E-state index in [1.165, 1.54) is 24.3 Å². The number of rotatable bonds is 2. The molecular formula is C11H19NO2S. The Morgan fingerprint density at radius 3 is 2.87 bits per heavy atom. The minimum absolute atomic E-state index is 0.0201. The number of carbonyl (C=O) groups excluding carboxylic acids is 1. The van der Waals surface area contributed by atoms with Crippen molar-refractivity contribution in [3.05, 3.63) is 0 Å². The van der Waals surface area contributed by atoms with Crippen molar-refractivity contribution in [3.8, 4) is 0 Å². The summed E-state index contributed by atoms with van der Waals surface area (Å²) in [6.45, 7) is 3.03. The third-order valence-corrected chi connectivity index (χ3v) is 4.32. The van der Waals surface area contributed by atoms with Gasteiger partial charge in [0.25, 0.3) is 0 Å². The maximum Gasteiger partial charge on any atom is 0.246 e. The topological polar surface area (TPSA) is 38.3 Å². The van der Waals surface area contributed by atoms with Crippen molar-refractivity contribution in [2.75, 3.05) is 24.7 Å². The number of morpholine rings is 1. The predicted molar refractivity (Wildman–Crippen MR) is 62.0 cm³/mol. The maximum absolute atomic E-state index is 11.0. The second kappa shape index (κ2) is 4.74. The fourth-order valence-corrected chi connectivity index (χ4v) is 3.52. The van der Waals surface area contributed by atoms with Gasteiger partial charge in [0, 0.05) is 6.54 Å². The Balaban J connectivity index is 1.83. The lowest BCUT2D eigenvalue weighted by atomic mass is 9.87. The molecule has 2 aliphatic heterocycles. The highest BCUT2D eigenvalue weighted by Gasteiger charge is 2.33. The number of hydrogen-bond acceptors (Lipinski definition) is 3. The van der Waals surface area contributed by atoms with Gasteiger partial charge in [-0.3, -0.25) is 4.79 Å². The molecule has 0 aromatic rings. The molecule has 2 heterocycles. The minimum Gasteiger partial charge on any atom is -0.364 e. The second-order valence-corrected chi connectivity index (χ2v) is 6.00. The summed E-state index contributed by atoms with van der Waals surface area (Å²) >= 11 is 2.05. The molecule has 3 nitrogen and oxygen atoms in total. The monoisotopic (exact) mass is 229 g/mol. The van der Waals surface area contributed by atoms with E-state index in [0.717, 1.165) is 12.3 Å². The molecular weight excluding hydrogens is 210 g/mol. The summed E-state index contributed by atoms with van der Waals surface area (Å²) in [4.78, 5) is 11.0. The van der Waals surface area contributed by atoms with E-state index in [4.69, 9.17) is 4.74 Å². The molecule has 15 heavy (non-hydrogen) atoms. The molecule has 2 aliphatic rings. The van der Waals surface area contributed by atoms with E-state index >= 15 is 0 Å². The predicted octanol–water partition coefficient (Wildman–Crippen LogP) is 1.42. The Morgan fingerprint density at radius 2 is 2.27 bits per heavy atom. The Kier molecular flexibility index (Phi) is 3.57. The summed E-state index contributed by atoms with van der Waals surface area (Å²) in [5.74, 6) is 3.37. The van der Waals surface area contributed by atoms with E-state index in [1.807, 2.05) is 11.8 Å². The molecule has 0 bridgehead atoms. The minimum atomic E-state index is -0.124. The summed E-state index contributed by atoms with van der Waals surface area (Å²) in [5, 5.41) is 2.89. The number of ether oxygens (including phenoxy) is 1. The van der Waals surface area contributed by atoms with E-state index in [9.17, 15) is 4.79 Å². The normalized spacial score (nSPS) is 33.8. The van der Waals surface area contributed by atoms with Gasteiger partial charge >= 0.3 is 0 Å². The third kappa shape index (κ3) is 3.11. The summed E-state index contributed by atoms with van der Waals surface area (Å²) in [7, 11) is 0. The first kappa shape index (κ1) is 11.3. The summed E-state index contributed by atoms with van der Waals surface area (Å²) in [6.07, 6.45) is 3.70. The summed E-state index contributed by atoms with van der Waals surface area (Å²) in [6, 6.07) is 0. The van der Waals surface area contributed by atoms with Crippen LogP contribution >= 0.6 is 11.8 Å². The fraction of sp³-hybridized carbons (Fsp3) is 0.909. The SMILES string of the molecule is CC1(CC2CCSCC2)CNC(=O)CO1. The second-order valence-electron chi connectivity index (χ2n) is 4.78. The molecule has 0 aromatic carbocycles. The van der Waals surface area contributed by atoms with Crippen LogP contribution in [-0.2, 0) is 9.53 Å². The van der Waals surface area contributed by atoms with E-state index in [0.29, 0.717) is 6.54 Å². The zero-order chi connectivity index (χ0) is 10.7. The number of thioether (sulfide) groups is 1. The zero-order valence-corrected chi connectivity index (χ0v) is 10.1. The first-order valence-corrected chi connectivity index (χ1v) is 6.82. The highest BCUT2D eigenvalue weighted by Crippen LogP contribution is 2.31. The Labute approximate surface area is 95.3 Å². The molecule has 1 amide bonds. The maximum atomic E-state index is 11.0. The lowest BCUT2D eigenvalue weighted by Gasteiger charge is -2.37. The van der Waals surface area contributed by atoms with Crippen molar-refractivity contribution in [3.63, 3.8) is 0 Å². The average Bonchev–Trinajstić information content (AvgIpc) is 2.24. The lowest BCUT2D eigenvalue weighted by Crippen LogP contribution is -2.51. The van der Waals surface area contributed by atoms with Crippen LogP contribution in [0.2, 0.25) is 0 Å². The van der Waals surface area contributed by atoms with E-state index in [1.54, 1.807) is 0 Å². The van der Waals surface area contributed by atoms with Crippen LogP contribution in [0.5, 0.6) is 0 Å². The van der Waals surface area contributed by atoms with Gasteiger partial charge in [0.15, 0.2) is 0 Å². The van der Waals surface area contributed by atoms with Crippen molar-refractivity contribution in [2.45, 2.75) is 31.8 Å². The van der Waals surface area contributed by atoms with Crippen molar-refractivity contribution >= 4 is 17.7 Å². The molecule has 0 saturated carbocycles. The largest absolute Gasteiger partial charge is 0.364 e. The van der Waals surface area contributed by atoms with Crippen LogP contribution in [0.3, 0.4) is 0 Å². The number of nitrogens with one attached hydrogen (secondary N) is 1. The molecule has 1 unspecified atom stereocenters. The Hall–Kier alpha value is -0.220. The van der Waals surface area contributed by atoms with Crippen LogP contribution in [0.1, 0.15) is 26.2 Å². The Bertz CT molecular complexity index is 229.